The van der Waals surface area contributed by atoms with Crippen molar-refractivity contribution in [3.05, 3.63) is 95.6 Å². The Morgan fingerprint density at radius 2 is 1.23 bits per heavy atom. The third-order valence-corrected chi connectivity index (χ3v) is 5.00. The van der Waals surface area contributed by atoms with Crippen molar-refractivity contribution in [3.63, 3.8) is 0 Å². The second-order valence-electron chi connectivity index (χ2n) is 8.28. The van der Waals surface area contributed by atoms with Crippen molar-refractivity contribution in [2.24, 2.45) is 5.41 Å². The lowest BCUT2D eigenvalue weighted by atomic mass is 9.82. The molecule has 0 aliphatic carbocycles. The van der Waals surface area contributed by atoms with Gasteiger partial charge < -0.3 is 5.32 Å². The molecule has 3 N–H and O–H groups in total. The van der Waals surface area contributed by atoms with Gasteiger partial charge in [0.1, 0.15) is 0 Å². The van der Waals surface area contributed by atoms with Crippen LogP contribution in [0.2, 0.25) is 0 Å². The maximum Gasteiger partial charge on any atom is 0.274 e. The number of hydroxylamine groups is 1. The van der Waals surface area contributed by atoms with Gasteiger partial charge in [-0.25, -0.2) is 5.48 Å². The summed E-state index contributed by atoms with van der Waals surface area (Å²) in [7, 11) is 0. The van der Waals surface area contributed by atoms with Crippen LogP contribution in [0, 0.1) is 5.41 Å². The van der Waals surface area contributed by atoms with Crippen LogP contribution in [0.25, 0.3) is 11.1 Å². The van der Waals surface area contributed by atoms with Crippen LogP contribution < -0.4 is 10.8 Å². The van der Waals surface area contributed by atoms with Gasteiger partial charge in [-0.3, -0.25) is 14.8 Å². The average Bonchev–Trinajstić information content (AvgIpc) is 2.77. The highest BCUT2D eigenvalue weighted by Gasteiger charge is 2.28. The third-order valence-electron chi connectivity index (χ3n) is 5.00. The van der Waals surface area contributed by atoms with E-state index in [1.807, 2.05) is 75.4 Å². The molecule has 0 aliphatic heterocycles. The van der Waals surface area contributed by atoms with Crippen LogP contribution in [0.4, 0.5) is 0 Å². The van der Waals surface area contributed by atoms with E-state index in [1.165, 1.54) is 0 Å². The normalized spacial score (nSPS) is 12.1. The number of amides is 2. The van der Waals surface area contributed by atoms with Gasteiger partial charge in [0, 0.05) is 11.1 Å². The first kappa shape index (κ1) is 21.3. The van der Waals surface area contributed by atoms with Gasteiger partial charge in [-0.15, -0.1) is 0 Å². The van der Waals surface area contributed by atoms with E-state index in [1.54, 1.807) is 29.7 Å². The van der Waals surface area contributed by atoms with E-state index in [0.29, 0.717) is 11.1 Å². The number of hydrogen-bond donors (Lipinski definition) is 3. The van der Waals surface area contributed by atoms with Gasteiger partial charge in [0.15, 0.2) is 0 Å². The number of rotatable bonds is 5. The lowest BCUT2D eigenvalue weighted by molar-refractivity contribution is 0.0706. The van der Waals surface area contributed by atoms with Gasteiger partial charge in [-0.05, 0) is 46.4 Å². The number of hydrogen-bond acceptors (Lipinski definition) is 3. The zero-order valence-electron chi connectivity index (χ0n) is 17.3. The second-order valence-corrected chi connectivity index (χ2v) is 8.28. The molecule has 0 spiro atoms. The van der Waals surface area contributed by atoms with Gasteiger partial charge in [-0.1, -0.05) is 75.4 Å². The molecule has 154 valence electrons. The fourth-order valence-electron chi connectivity index (χ4n) is 3.35. The lowest BCUT2D eigenvalue weighted by Gasteiger charge is -2.32. The summed E-state index contributed by atoms with van der Waals surface area (Å²) in [4.78, 5) is 24.5. The zero-order chi connectivity index (χ0) is 21.7. The van der Waals surface area contributed by atoms with Crippen LogP contribution in [0.5, 0.6) is 0 Å². The van der Waals surface area contributed by atoms with Crippen molar-refractivity contribution in [1.29, 1.82) is 0 Å². The molecule has 0 saturated carbocycles. The predicted octanol–water partition coefficient (Wildman–Crippen LogP) is 4.99. The Balaban J connectivity index is 1.80. The molecule has 2 amide bonds. The van der Waals surface area contributed by atoms with Crippen molar-refractivity contribution in [1.82, 2.24) is 10.8 Å². The molecule has 0 fully saturated rings. The summed E-state index contributed by atoms with van der Waals surface area (Å²) < 4.78 is 0. The van der Waals surface area contributed by atoms with Crippen LogP contribution in [0.3, 0.4) is 0 Å². The molecule has 0 bridgehead atoms. The van der Waals surface area contributed by atoms with Crippen molar-refractivity contribution in [2.45, 2.75) is 26.8 Å². The maximum atomic E-state index is 12.9. The highest BCUT2D eigenvalue weighted by Crippen LogP contribution is 2.33. The zero-order valence-corrected chi connectivity index (χ0v) is 17.3. The molecular formula is C25H26N2O3. The number of carbonyl (C=O) groups excluding carboxylic acids is 2. The molecule has 0 aliphatic rings. The fourth-order valence-corrected chi connectivity index (χ4v) is 3.35. The standard InChI is InChI=1S/C25H26N2O3/c1-25(2,3)22(19-11-15-21(16-12-19)24(29)27-30)26-23(28)20-13-9-18(10-14-20)17-7-5-4-6-8-17/h4-16,22,30H,1-3H3,(H,26,28)(H,27,29)/t22-/m1/s1. The second kappa shape index (κ2) is 8.93. The van der Waals surface area contributed by atoms with Gasteiger partial charge in [0.05, 0.1) is 6.04 Å². The van der Waals surface area contributed by atoms with Gasteiger partial charge >= 0.3 is 0 Å². The fraction of sp³-hybridized carbons (Fsp3) is 0.200. The highest BCUT2D eigenvalue weighted by molar-refractivity contribution is 5.95. The number of carbonyl (C=O) groups is 2. The van der Waals surface area contributed by atoms with E-state index in [0.717, 1.165) is 16.7 Å². The molecule has 3 aromatic rings. The average molecular weight is 402 g/mol. The van der Waals surface area contributed by atoms with Crippen LogP contribution in [-0.2, 0) is 0 Å². The van der Waals surface area contributed by atoms with E-state index in [-0.39, 0.29) is 17.4 Å². The predicted molar refractivity (Wildman–Crippen MR) is 117 cm³/mol. The summed E-state index contributed by atoms with van der Waals surface area (Å²) >= 11 is 0. The van der Waals surface area contributed by atoms with Gasteiger partial charge in [0.2, 0.25) is 0 Å². The Bertz CT molecular complexity index is 1010. The van der Waals surface area contributed by atoms with Crippen LogP contribution in [-0.4, -0.2) is 17.0 Å². The molecule has 5 nitrogen and oxygen atoms in total. The third kappa shape index (κ3) is 4.93. The van der Waals surface area contributed by atoms with Crippen LogP contribution in [0.15, 0.2) is 78.9 Å². The SMILES string of the molecule is CC(C)(C)[C@H](NC(=O)c1ccc(-c2ccccc2)cc1)c1ccc(C(=O)NO)cc1. The van der Waals surface area contributed by atoms with Crippen molar-refractivity contribution in [2.75, 3.05) is 0 Å². The quantitative estimate of drug-likeness (QED) is 0.416. The number of benzene rings is 3. The Morgan fingerprint density at radius 1 is 0.733 bits per heavy atom. The Kier molecular flexibility index (Phi) is 6.33. The number of nitrogens with one attached hydrogen (secondary N) is 2. The molecule has 0 heterocycles. The topological polar surface area (TPSA) is 78.4 Å². The van der Waals surface area contributed by atoms with Crippen molar-refractivity contribution in [3.8, 4) is 11.1 Å². The molecule has 30 heavy (non-hydrogen) atoms. The lowest BCUT2D eigenvalue weighted by Crippen LogP contribution is -2.36. The molecule has 5 heteroatoms. The molecule has 0 aromatic heterocycles. The van der Waals surface area contributed by atoms with Crippen molar-refractivity contribution >= 4 is 11.8 Å². The Morgan fingerprint density at radius 3 is 1.77 bits per heavy atom. The first-order chi connectivity index (χ1) is 14.3. The molecule has 3 rings (SSSR count). The maximum absolute atomic E-state index is 12.9. The van der Waals surface area contributed by atoms with E-state index >= 15 is 0 Å². The first-order valence-electron chi connectivity index (χ1n) is 9.80. The molecule has 0 saturated heterocycles. The van der Waals surface area contributed by atoms with Gasteiger partial charge in [0.25, 0.3) is 11.8 Å². The Hall–Kier alpha value is -3.44. The van der Waals surface area contributed by atoms with E-state index < -0.39 is 5.91 Å². The smallest absolute Gasteiger partial charge is 0.274 e. The summed E-state index contributed by atoms with van der Waals surface area (Å²) in [6.45, 7) is 6.14. The minimum absolute atomic E-state index is 0.160. The highest BCUT2D eigenvalue weighted by atomic mass is 16.5. The molecule has 3 aromatic carbocycles. The minimum atomic E-state index is -0.573. The van der Waals surface area contributed by atoms with Crippen molar-refractivity contribution < 1.29 is 14.8 Å². The van der Waals surface area contributed by atoms with Gasteiger partial charge in [-0.2, -0.15) is 0 Å². The monoisotopic (exact) mass is 402 g/mol. The first-order valence-corrected chi connectivity index (χ1v) is 9.80. The summed E-state index contributed by atoms with van der Waals surface area (Å²) in [6, 6.07) is 24.1. The summed E-state index contributed by atoms with van der Waals surface area (Å²) in [5.74, 6) is -0.733. The van der Waals surface area contributed by atoms with Crippen LogP contribution >= 0.6 is 0 Å². The van der Waals surface area contributed by atoms with Crippen LogP contribution in [0.1, 0.15) is 53.1 Å². The minimum Gasteiger partial charge on any atom is -0.345 e. The molecular weight excluding hydrogens is 376 g/mol. The molecule has 1 atom stereocenters. The van der Waals surface area contributed by atoms with E-state index in [9.17, 15) is 9.59 Å². The van der Waals surface area contributed by atoms with E-state index in [4.69, 9.17) is 5.21 Å². The molecule has 0 unspecified atom stereocenters. The summed E-state index contributed by atoms with van der Waals surface area (Å²) in [5, 5.41) is 11.9. The largest absolute Gasteiger partial charge is 0.345 e. The van der Waals surface area contributed by atoms with E-state index in [2.05, 4.69) is 5.32 Å². The molecule has 0 radical (unpaired) electrons. The Labute approximate surface area is 176 Å². The summed E-state index contributed by atoms with van der Waals surface area (Å²) in [5.41, 5.74) is 5.33. The summed E-state index contributed by atoms with van der Waals surface area (Å²) in [6.07, 6.45) is 0.